The van der Waals surface area contributed by atoms with Gasteiger partial charge >= 0.3 is 0 Å². The van der Waals surface area contributed by atoms with Crippen LogP contribution in [0.15, 0.2) is 4.99 Å². The van der Waals surface area contributed by atoms with Gasteiger partial charge in [0, 0.05) is 31.7 Å². The van der Waals surface area contributed by atoms with Crippen LogP contribution in [-0.2, 0) is 4.74 Å². The van der Waals surface area contributed by atoms with Gasteiger partial charge in [-0.25, -0.2) is 0 Å². The van der Waals surface area contributed by atoms with Crippen molar-refractivity contribution < 1.29 is 9.84 Å². The largest absolute Gasteiger partial charge is 0.396 e. The summed E-state index contributed by atoms with van der Waals surface area (Å²) in [5.74, 6) is 0.666. The van der Waals surface area contributed by atoms with Crippen molar-refractivity contribution in [1.82, 2.24) is 4.90 Å². The summed E-state index contributed by atoms with van der Waals surface area (Å²) < 4.78 is 5.46. The highest BCUT2D eigenvalue weighted by Gasteiger charge is 2.34. The molecule has 3 N–H and O–H groups in total. The molecule has 0 aromatic heterocycles. The molecular formula is C13H25N3O2. The Bertz CT molecular complexity index is 282. The molecule has 5 heteroatoms. The van der Waals surface area contributed by atoms with E-state index in [4.69, 9.17) is 15.6 Å². The van der Waals surface area contributed by atoms with Gasteiger partial charge in [-0.2, -0.15) is 0 Å². The predicted octanol–water partition coefficient (Wildman–Crippen LogP) is 0.576. The second kappa shape index (κ2) is 6.38. The number of aliphatic hydroxyl groups excluding tert-OH is 1. The number of aliphatic hydroxyl groups is 1. The molecule has 18 heavy (non-hydrogen) atoms. The van der Waals surface area contributed by atoms with Crippen molar-refractivity contribution in [2.24, 2.45) is 16.1 Å². The first-order valence-corrected chi connectivity index (χ1v) is 6.99. The topological polar surface area (TPSA) is 71.1 Å². The molecule has 0 aromatic rings. The van der Waals surface area contributed by atoms with Gasteiger partial charge in [-0.3, -0.25) is 4.99 Å². The quantitative estimate of drug-likeness (QED) is 0.569. The molecule has 0 spiro atoms. The molecule has 104 valence electrons. The third-order valence-electron chi connectivity index (χ3n) is 4.08. The average Bonchev–Trinajstić information content (AvgIpc) is 2.87. The highest BCUT2D eigenvalue weighted by atomic mass is 16.5. The third kappa shape index (κ3) is 3.36. The van der Waals surface area contributed by atoms with E-state index in [2.05, 4.69) is 9.89 Å². The van der Waals surface area contributed by atoms with Crippen molar-refractivity contribution in [2.75, 3.05) is 39.5 Å². The minimum atomic E-state index is 0.00908. The minimum Gasteiger partial charge on any atom is -0.396 e. The molecule has 2 fully saturated rings. The third-order valence-corrected chi connectivity index (χ3v) is 4.08. The first-order chi connectivity index (χ1) is 8.76. The molecule has 2 saturated heterocycles. The molecule has 2 rings (SSSR count). The van der Waals surface area contributed by atoms with Gasteiger partial charge < -0.3 is 20.5 Å². The maximum Gasteiger partial charge on any atom is 0.191 e. The van der Waals surface area contributed by atoms with Crippen molar-refractivity contribution in [3.05, 3.63) is 0 Å². The van der Waals surface area contributed by atoms with Crippen LogP contribution in [0.2, 0.25) is 0 Å². The molecule has 0 saturated carbocycles. The number of piperidine rings is 1. The summed E-state index contributed by atoms with van der Waals surface area (Å²) in [5, 5.41) is 9.16. The fourth-order valence-electron chi connectivity index (χ4n) is 2.76. The van der Waals surface area contributed by atoms with Gasteiger partial charge in [0.2, 0.25) is 0 Å². The fraction of sp³-hybridized carbons (Fsp3) is 0.923. The van der Waals surface area contributed by atoms with Crippen LogP contribution in [-0.4, -0.2) is 55.4 Å². The Morgan fingerprint density at radius 3 is 2.72 bits per heavy atom. The molecule has 2 aliphatic heterocycles. The van der Waals surface area contributed by atoms with E-state index in [1.165, 1.54) is 19.3 Å². The number of nitrogens with two attached hydrogens (primary N) is 1. The van der Waals surface area contributed by atoms with Crippen LogP contribution in [0.4, 0.5) is 0 Å². The number of ether oxygens (including phenoxy) is 1. The molecular weight excluding hydrogens is 230 g/mol. The van der Waals surface area contributed by atoms with Gasteiger partial charge in [0.25, 0.3) is 0 Å². The summed E-state index contributed by atoms with van der Waals surface area (Å²) in [4.78, 5) is 6.72. The van der Waals surface area contributed by atoms with Crippen LogP contribution in [0.25, 0.3) is 0 Å². The van der Waals surface area contributed by atoms with Gasteiger partial charge in [0.1, 0.15) is 0 Å². The molecule has 2 heterocycles. The van der Waals surface area contributed by atoms with Crippen LogP contribution >= 0.6 is 0 Å². The number of guanidine groups is 1. The number of likely N-dealkylation sites (tertiary alicyclic amines) is 1. The lowest BCUT2D eigenvalue weighted by Gasteiger charge is -2.29. The molecule has 1 atom stereocenters. The zero-order chi connectivity index (χ0) is 12.8. The summed E-state index contributed by atoms with van der Waals surface area (Å²) in [6.45, 7) is 4.40. The predicted molar refractivity (Wildman–Crippen MR) is 71.5 cm³/mol. The Kier molecular flexibility index (Phi) is 4.83. The highest BCUT2D eigenvalue weighted by Crippen LogP contribution is 2.32. The van der Waals surface area contributed by atoms with Crippen molar-refractivity contribution in [2.45, 2.75) is 32.1 Å². The number of aliphatic imine (C=N–C) groups is 1. The lowest BCUT2D eigenvalue weighted by atomic mass is 9.84. The molecule has 2 aliphatic rings. The second-order valence-electron chi connectivity index (χ2n) is 5.50. The maximum absolute atomic E-state index is 9.16. The van der Waals surface area contributed by atoms with E-state index in [1.54, 1.807) is 0 Å². The number of rotatable bonds is 4. The standard InChI is InChI=1S/C13H25N3O2/c14-12(16-6-2-1-3-7-16)15-10-13(4-8-17)5-9-18-11-13/h17H,1-11H2,(H2,14,15). The Morgan fingerprint density at radius 1 is 1.33 bits per heavy atom. The van der Waals surface area contributed by atoms with Crippen LogP contribution in [0.5, 0.6) is 0 Å². The molecule has 0 aliphatic carbocycles. The van der Waals surface area contributed by atoms with E-state index < -0.39 is 0 Å². The van der Waals surface area contributed by atoms with E-state index in [1.807, 2.05) is 0 Å². The van der Waals surface area contributed by atoms with Crippen molar-refractivity contribution in [3.8, 4) is 0 Å². The number of nitrogens with zero attached hydrogens (tertiary/aromatic N) is 2. The zero-order valence-electron chi connectivity index (χ0n) is 11.1. The van der Waals surface area contributed by atoms with Crippen molar-refractivity contribution >= 4 is 5.96 Å². The number of hydrogen-bond donors (Lipinski definition) is 2. The van der Waals surface area contributed by atoms with E-state index in [9.17, 15) is 0 Å². The Labute approximate surface area is 109 Å². The van der Waals surface area contributed by atoms with Crippen molar-refractivity contribution in [3.63, 3.8) is 0 Å². The zero-order valence-corrected chi connectivity index (χ0v) is 11.1. The summed E-state index contributed by atoms with van der Waals surface area (Å²) in [5.41, 5.74) is 6.06. The average molecular weight is 255 g/mol. The molecule has 5 nitrogen and oxygen atoms in total. The summed E-state index contributed by atoms with van der Waals surface area (Å²) in [6.07, 6.45) is 5.45. The van der Waals surface area contributed by atoms with Crippen LogP contribution in [0.3, 0.4) is 0 Å². The van der Waals surface area contributed by atoms with Crippen LogP contribution < -0.4 is 5.73 Å². The minimum absolute atomic E-state index is 0.00908. The lowest BCUT2D eigenvalue weighted by molar-refractivity contribution is 0.131. The van der Waals surface area contributed by atoms with Gasteiger partial charge in [-0.15, -0.1) is 0 Å². The van der Waals surface area contributed by atoms with Crippen molar-refractivity contribution in [1.29, 1.82) is 0 Å². The molecule has 0 bridgehead atoms. The smallest absolute Gasteiger partial charge is 0.191 e. The van der Waals surface area contributed by atoms with E-state index in [-0.39, 0.29) is 12.0 Å². The van der Waals surface area contributed by atoms with Gasteiger partial charge in [0.05, 0.1) is 13.2 Å². The number of hydrogen-bond acceptors (Lipinski definition) is 3. The first-order valence-electron chi connectivity index (χ1n) is 6.99. The lowest BCUT2D eigenvalue weighted by Crippen LogP contribution is -2.41. The van der Waals surface area contributed by atoms with Crippen LogP contribution in [0, 0.1) is 5.41 Å². The molecule has 0 amide bonds. The van der Waals surface area contributed by atoms with Gasteiger partial charge in [-0.1, -0.05) is 0 Å². The SMILES string of the molecule is NC(=NCC1(CCO)CCOC1)N1CCCCC1. The Balaban J connectivity index is 1.90. The maximum atomic E-state index is 9.16. The second-order valence-corrected chi connectivity index (χ2v) is 5.50. The normalized spacial score (nSPS) is 29.8. The van der Waals surface area contributed by atoms with Crippen LogP contribution in [0.1, 0.15) is 32.1 Å². The monoisotopic (exact) mass is 255 g/mol. The summed E-state index contributed by atoms with van der Waals surface area (Å²) in [6, 6.07) is 0. The molecule has 0 radical (unpaired) electrons. The summed E-state index contributed by atoms with van der Waals surface area (Å²) in [7, 11) is 0. The Hall–Kier alpha value is -0.810. The van der Waals surface area contributed by atoms with Gasteiger partial charge in [-0.05, 0) is 32.1 Å². The Morgan fingerprint density at radius 2 is 2.11 bits per heavy atom. The van der Waals surface area contributed by atoms with Gasteiger partial charge in [0.15, 0.2) is 5.96 Å². The fourth-order valence-corrected chi connectivity index (χ4v) is 2.76. The highest BCUT2D eigenvalue weighted by molar-refractivity contribution is 5.78. The van der Waals surface area contributed by atoms with E-state index in [0.717, 1.165) is 32.5 Å². The van der Waals surface area contributed by atoms with E-state index in [0.29, 0.717) is 19.1 Å². The molecule has 0 aromatic carbocycles. The molecule has 1 unspecified atom stereocenters. The summed E-state index contributed by atoms with van der Waals surface area (Å²) >= 11 is 0. The van der Waals surface area contributed by atoms with E-state index >= 15 is 0 Å². The first kappa shape index (κ1) is 13.6.